The molecule has 0 saturated carbocycles. The molecule has 0 aliphatic carbocycles. The molecule has 0 aliphatic rings. The van der Waals surface area contributed by atoms with E-state index >= 15 is 0 Å². The predicted molar refractivity (Wildman–Crippen MR) is 108 cm³/mol. The first-order valence-corrected chi connectivity index (χ1v) is 10.2. The van der Waals surface area contributed by atoms with Gasteiger partial charge in [-0.25, -0.2) is 12.7 Å². The highest BCUT2D eigenvalue weighted by Gasteiger charge is 2.19. The molecule has 0 saturated heterocycles. The van der Waals surface area contributed by atoms with Crippen LogP contribution in [0, 0.1) is 6.92 Å². The summed E-state index contributed by atoms with van der Waals surface area (Å²) in [5, 5.41) is 2.97. The van der Waals surface area contributed by atoms with Gasteiger partial charge in [-0.05, 0) is 37.7 Å². The van der Waals surface area contributed by atoms with Crippen molar-refractivity contribution in [3.8, 4) is 0 Å². The third kappa shape index (κ3) is 5.77. The largest absolute Gasteiger partial charge is 0.324 e. The van der Waals surface area contributed by atoms with Gasteiger partial charge in [-0.3, -0.25) is 9.69 Å². The Labute approximate surface area is 165 Å². The van der Waals surface area contributed by atoms with Gasteiger partial charge in [-0.2, -0.15) is 0 Å². The summed E-state index contributed by atoms with van der Waals surface area (Å²) in [5.41, 5.74) is 2.56. The first kappa shape index (κ1) is 21.4. The molecule has 2 aromatic rings. The van der Waals surface area contributed by atoms with Gasteiger partial charge in [0.15, 0.2) is 0 Å². The fraction of sp³-hybridized carbons (Fsp3) is 0.316. The minimum atomic E-state index is -3.61. The molecule has 0 heterocycles. The molecule has 0 radical (unpaired) electrons. The third-order valence-electron chi connectivity index (χ3n) is 3.98. The number of aryl methyl sites for hydroxylation is 1. The zero-order valence-electron chi connectivity index (χ0n) is 15.9. The number of amides is 1. The van der Waals surface area contributed by atoms with E-state index in [-0.39, 0.29) is 28.1 Å². The number of hydrogen-bond acceptors (Lipinski definition) is 4. The van der Waals surface area contributed by atoms with Gasteiger partial charge in [0.1, 0.15) is 0 Å². The number of benzene rings is 2. The predicted octanol–water partition coefficient (Wildman–Crippen LogP) is 2.97. The van der Waals surface area contributed by atoms with Crippen molar-refractivity contribution in [3.63, 3.8) is 0 Å². The monoisotopic (exact) mass is 409 g/mol. The summed E-state index contributed by atoms with van der Waals surface area (Å²) < 4.78 is 25.6. The van der Waals surface area contributed by atoms with Crippen LogP contribution in [0.1, 0.15) is 11.1 Å². The molecule has 0 bridgehead atoms. The van der Waals surface area contributed by atoms with Gasteiger partial charge in [0, 0.05) is 20.6 Å². The minimum Gasteiger partial charge on any atom is -0.324 e. The molecule has 8 heteroatoms. The van der Waals surface area contributed by atoms with Gasteiger partial charge in [-0.1, -0.05) is 41.4 Å². The van der Waals surface area contributed by atoms with E-state index in [1.165, 1.54) is 37.9 Å². The van der Waals surface area contributed by atoms with Gasteiger partial charge < -0.3 is 5.32 Å². The number of halogens is 1. The highest BCUT2D eigenvalue weighted by Crippen LogP contribution is 2.26. The summed E-state index contributed by atoms with van der Waals surface area (Å²) in [6.07, 6.45) is 0. The molecule has 27 heavy (non-hydrogen) atoms. The van der Waals surface area contributed by atoms with Crippen LogP contribution >= 0.6 is 11.6 Å². The van der Waals surface area contributed by atoms with E-state index in [4.69, 9.17) is 11.6 Å². The highest BCUT2D eigenvalue weighted by molar-refractivity contribution is 7.89. The fourth-order valence-corrected chi connectivity index (χ4v) is 3.56. The Kier molecular flexibility index (Phi) is 7.00. The van der Waals surface area contributed by atoms with E-state index in [1.54, 1.807) is 0 Å². The maximum Gasteiger partial charge on any atom is 0.242 e. The number of carbonyl (C=O) groups excluding carboxylic acids is 1. The quantitative estimate of drug-likeness (QED) is 0.763. The Hall–Kier alpha value is -1.93. The van der Waals surface area contributed by atoms with Crippen LogP contribution < -0.4 is 5.32 Å². The number of nitrogens with zero attached hydrogens (tertiary/aromatic N) is 2. The SMILES string of the molecule is Cc1ccc(CN(C)CC(=O)Nc2cc(S(=O)(=O)N(C)C)ccc2Cl)cc1. The van der Waals surface area contributed by atoms with Gasteiger partial charge >= 0.3 is 0 Å². The molecule has 146 valence electrons. The molecule has 1 N–H and O–H groups in total. The molecule has 0 fully saturated rings. The van der Waals surface area contributed by atoms with E-state index in [9.17, 15) is 13.2 Å². The molecule has 0 aromatic heterocycles. The lowest BCUT2D eigenvalue weighted by Gasteiger charge is -2.17. The summed E-state index contributed by atoms with van der Waals surface area (Å²) in [6.45, 7) is 2.79. The summed E-state index contributed by atoms with van der Waals surface area (Å²) in [4.78, 5) is 14.3. The lowest BCUT2D eigenvalue weighted by molar-refractivity contribution is -0.117. The zero-order chi connectivity index (χ0) is 20.2. The molecule has 0 spiro atoms. The second-order valence-electron chi connectivity index (χ2n) is 6.64. The van der Waals surface area contributed by atoms with E-state index in [1.807, 2.05) is 43.1 Å². The number of carbonyl (C=O) groups is 1. The van der Waals surface area contributed by atoms with Gasteiger partial charge in [0.05, 0.1) is 22.2 Å². The van der Waals surface area contributed by atoms with Crippen LogP contribution in [0.5, 0.6) is 0 Å². The number of nitrogens with one attached hydrogen (secondary N) is 1. The summed E-state index contributed by atoms with van der Waals surface area (Å²) in [7, 11) is 1.13. The van der Waals surface area contributed by atoms with E-state index < -0.39 is 10.0 Å². The smallest absolute Gasteiger partial charge is 0.242 e. The summed E-state index contributed by atoms with van der Waals surface area (Å²) >= 11 is 6.11. The van der Waals surface area contributed by atoms with Crippen LogP contribution in [0.15, 0.2) is 47.4 Å². The maximum atomic E-state index is 12.3. The van der Waals surface area contributed by atoms with Crippen LogP contribution in [-0.2, 0) is 21.4 Å². The van der Waals surface area contributed by atoms with E-state index in [2.05, 4.69) is 5.32 Å². The second kappa shape index (κ2) is 8.84. The van der Waals surface area contributed by atoms with Crippen molar-refractivity contribution in [1.29, 1.82) is 0 Å². The van der Waals surface area contributed by atoms with Crippen molar-refractivity contribution in [3.05, 3.63) is 58.6 Å². The van der Waals surface area contributed by atoms with Crippen LogP contribution in [0.25, 0.3) is 0 Å². The Morgan fingerprint density at radius 3 is 2.30 bits per heavy atom. The Morgan fingerprint density at radius 1 is 1.07 bits per heavy atom. The third-order valence-corrected chi connectivity index (χ3v) is 6.12. The van der Waals surface area contributed by atoms with Crippen LogP contribution in [0.2, 0.25) is 5.02 Å². The van der Waals surface area contributed by atoms with Crippen molar-refractivity contribution >= 4 is 33.2 Å². The molecule has 0 atom stereocenters. The van der Waals surface area contributed by atoms with Crippen LogP contribution in [0.3, 0.4) is 0 Å². The van der Waals surface area contributed by atoms with Crippen molar-refractivity contribution < 1.29 is 13.2 Å². The van der Waals surface area contributed by atoms with Gasteiger partial charge in [-0.15, -0.1) is 0 Å². The lowest BCUT2D eigenvalue weighted by Crippen LogP contribution is -2.30. The fourth-order valence-electron chi connectivity index (χ4n) is 2.47. The number of sulfonamides is 1. The van der Waals surface area contributed by atoms with Crippen LogP contribution in [-0.4, -0.2) is 51.2 Å². The topological polar surface area (TPSA) is 69.7 Å². The molecule has 0 unspecified atom stereocenters. The number of likely N-dealkylation sites (N-methyl/N-ethyl adjacent to an activating group) is 1. The second-order valence-corrected chi connectivity index (χ2v) is 9.19. The normalized spacial score (nSPS) is 11.8. The first-order valence-electron chi connectivity index (χ1n) is 8.35. The number of anilines is 1. The lowest BCUT2D eigenvalue weighted by atomic mass is 10.1. The number of hydrogen-bond donors (Lipinski definition) is 1. The van der Waals surface area contributed by atoms with E-state index in [0.717, 1.165) is 9.87 Å². The number of rotatable bonds is 7. The molecule has 2 aromatic carbocycles. The average Bonchev–Trinajstić information content (AvgIpc) is 2.58. The van der Waals surface area contributed by atoms with Gasteiger partial charge in [0.2, 0.25) is 15.9 Å². The van der Waals surface area contributed by atoms with Crippen molar-refractivity contribution in [2.24, 2.45) is 0 Å². The standard InChI is InChI=1S/C19H24ClN3O3S/c1-14-5-7-15(8-6-14)12-23(4)13-19(24)21-18-11-16(9-10-17(18)20)27(25,26)22(2)3/h5-11H,12-13H2,1-4H3,(H,21,24). The molecule has 2 rings (SSSR count). The van der Waals surface area contributed by atoms with Crippen molar-refractivity contribution in [2.75, 3.05) is 33.0 Å². The molecule has 1 amide bonds. The van der Waals surface area contributed by atoms with Gasteiger partial charge in [0.25, 0.3) is 0 Å². The highest BCUT2D eigenvalue weighted by atomic mass is 35.5. The van der Waals surface area contributed by atoms with E-state index in [0.29, 0.717) is 6.54 Å². The van der Waals surface area contributed by atoms with Crippen LogP contribution in [0.4, 0.5) is 5.69 Å². The summed E-state index contributed by atoms with van der Waals surface area (Å²) in [5.74, 6) is -0.272. The Balaban J connectivity index is 2.05. The average molecular weight is 410 g/mol. The maximum absolute atomic E-state index is 12.3. The van der Waals surface area contributed by atoms with Crippen molar-refractivity contribution in [1.82, 2.24) is 9.21 Å². The van der Waals surface area contributed by atoms with Crippen molar-refractivity contribution in [2.45, 2.75) is 18.4 Å². The first-order chi connectivity index (χ1) is 12.6. The molecule has 0 aliphatic heterocycles. The molecular formula is C19H24ClN3O3S. The molecular weight excluding hydrogens is 386 g/mol. The summed E-state index contributed by atoms with van der Waals surface area (Å²) in [6, 6.07) is 12.3. The Bertz CT molecular complexity index is 912. The minimum absolute atomic E-state index is 0.0696. The molecule has 6 nitrogen and oxygen atoms in total. The Morgan fingerprint density at radius 2 is 1.70 bits per heavy atom. The zero-order valence-corrected chi connectivity index (χ0v) is 17.4.